The van der Waals surface area contributed by atoms with E-state index in [1.54, 1.807) is 37.7 Å². The Balaban J connectivity index is 0.868. The number of carbonyl (C=O) groups is 2. The number of ether oxygens (including phenoxy) is 4. The van der Waals surface area contributed by atoms with E-state index in [4.69, 9.17) is 35.5 Å². The number of fused-ring (bicyclic) bond motifs is 3. The summed E-state index contributed by atoms with van der Waals surface area (Å²) in [6.45, 7) is 8.49. The highest BCUT2D eigenvalue weighted by molar-refractivity contribution is 7.15. The Morgan fingerprint density at radius 3 is 2.29 bits per heavy atom. The normalized spacial score (nSPS) is 14.6. The van der Waals surface area contributed by atoms with E-state index in [0.717, 1.165) is 62.0 Å². The fourth-order valence-corrected chi connectivity index (χ4v) is 10.3. The van der Waals surface area contributed by atoms with Crippen LogP contribution in [0.25, 0.3) is 27.3 Å². The Morgan fingerprint density at radius 1 is 0.800 bits per heavy atom. The molecule has 70 heavy (non-hydrogen) atoms. The van der Waals surface area contributed by atoms with Gasteiger partial charge in [-0.1, -0.05) is 48.0 Å². The maximum atomic E-state index is 14.2. The average molecular weight is 979 g/mol. The Bertz CT molecular complexity index is 3070. The number of nitrogens with one attached hydrogen (secondary N) is 1. The Labute approximate surface area is 417 Å². The number of amides is 2. The molecule has 0 radical (unpaired) electrons. The number of nitrogens with zero attached hydrogens (tertiary/aromatic N) is 6. The number of aromatic nitrogens is 3. The minimum absolute atomic E-state index is 0.0128. The van der Waals surface area contributed by atoms with E-state index in [2.05, 4.69) is 38.8 Å². The van der Waals surface area contributed by atoms with Crippen LogP contribution in [0, 0.1) is 20.8 Å². The second-order valence-electron chi connectivity index (χ2n) is 17.8. The van der Waals surface area contributed by atoms with Gasteiger partial charge in [0.2, 0.25) is 5.91 Å². The molecule has 1 fully saturated rings. The molecular weight excluding hydrogens is 922 g/mol. The van der Waals surface area contributed by atoms with Gasteiger partial charge in [-0.2, -0.15) is 0 Å². The molecule has 7 aromatic rings. The number of carbonyl (C=O) groups excluding carboxylic acids is 2. The van der Waals surface area contributed by atoms with Crippen LogP contribution >= 0.6 is 22.9 Å². The molecule has 1 unspecified atom stereocenters. The summed E-state index contributed by atoms with van der Waals surface area (Å²) >= 11 is 8.00. The highest BCUT2D eigenvalue weighted by Gasteiger charge is 2.34. The third-order valence-electron chi connectivity index (χ3n) is 12.9. The smallest absolute Gasteiger partial charge is 0.255 e. The summed E-state index contributed by atoms with van der Waals surface area (Å²) in [6, 6.07) is 33.8. The molecule has 2 aliphatic heterocycles. The summed E-state index contributed by atoms with van der Waals surface area (Å²) in [5.41, 5.74) is 8.56. The van der Waals surface area contributed by atoms with E-state index in [0.29, 0.717) is 77.6 Å². The largest absolute Gasteiger partial charge is 0.497 e. The first kappa shape index (κ1) is 48.0. The van der Waals surface area contributed by atoms with Crippen LogP contribution < -0.4 is 24.3 Å². The fourth-order valence-electron chi connectivity index (χ4n) is 8.92. The number of aliphatic imine (C=N–C) groups is 1. The summed E-state index contributed by atoms with van der Waals surface area (Å²) in [6.07, 6.45) is 1.41. The second kappa shape index (κ2) is 20.9. The SMILES string of the molecule is COc1cccc(-c2cc(C(=O)Nc3ccc(-c4ccc(OC5CCN(C(=O)CC6N=C(c7ccc(Cl)cc7)c7c(sc(C)c7C)-n7c(C)nnc76)CC5)cc4OCCN(C)C)cc3)ccc2OC)c1. The zero-order valence-corrected chi connectivity index (χ0v) is 42.0. The molecule has 0 spiro atoms. The number of piperidine rings is 1. The van der Waals surface area contributed by atoms with Crippen molar-refractivity contribution >= 4 is 46.2 Å². The Hall–Kier alpha value is -7.00. The van der Waals surface area contributed by atoms with E-state index in [9.17, 15) is 9.59 Å². The van der Waals surface area contributed by atoms with Crippen molar-refractivity contribution in [2.75, 3.05) is 59.9 Å². The van der Waals surface area contributed by atoms with E-state index in [1.807, 2.05) is 123 Å². The van der Waals surface area contributed by atoms with Crippen LogP contribution in [0.1, 0.15) is 68.9 Å². The van der Waals surface area contributed by atoms with Crippen molar-refractivity contribution in [2.24, 2.45) is 4.99 Å². The van der Waals surface area contributed by atoms with Crippen LogP contribution in [0.2, 0.25) is 5.02 Å². The van der Waals surface area contributed by atoms with Gasteiger partial charge < -0.3 is 34.1 Å². The standard InChI is InChI=1S/C55H56ClN7O6S/c1-33-34(2)70-55-51(33)52(37-11-16-40(56)17-12-37)58-47(53-60-59-35(3)63(53)55)32-50(64)62-25-23-42(24-26-62)69-44-20-21-45(49(31-44)68-28-27-61(4)5)36-13-18-41(19-14-36)57-54(65)39-15-22-48(67-7)46(30-39)38-9-8-10-43(29-38)66-6/h8-22,29-31,42,47H,23-28,32H2,1-7H3,(H,57,65). The Kier molecular flexibility index (Phi) is 14.4. The van der Waals surface area contributed by atoms with Gasteiger partial charge in [0.05, 0.1) is 26.4 Å². The summed E-state index contributed by atoms with van der Waals surface area (Å²) in [7, 11) is 7.25. The minimum atomic E-state index is -0.536. The van der Waals surface area contributed by atoms with Crippen LogP contribution in [0.5, 0.6) is 23.0 Å². The molecule has 1 N–H and O–H groups in total. The van der Waals surface area contributed by atoms with Crippen molar-refractivity contribution in [3.8, 4) is 50.3 Å². The van der Waals surface area contributed by atoms with E-state index >= 15 is 0 Å². The summed E-state index contributed by atoms with van der Waals surface area (Å²) < 4.78 is 26.1. The molecule has 2 amide bonds. The van der Waals surface area contributed by atoms with Gasteiger partial charge in [0, 0.05) is 81.9 Å². The van der Waals surface area contributed by atoms with E-state index in [1.165, 1.54) is 4.88 Å². The van der Waals surface area contributed by atoms with Crippen LogP contribution in [0.15, 0.2) is 114 Å². The number of rotatable bonds is 15. The highest BCUT2D eigenvalue weighted by Crippen LogP contribution is 2.41. The molecule has 0 aliphatic carbocycles. The summed E-state index contributed by atoms with van der Waals surface area (Å²) in [4.78, 5) is 38.2. The van der Waals surface area contributed by atoms with Gasteiger partial charge in [-0.15, -0.1) is 21.5 Å². The molecule has 0 saturated carbocycles. The fraction of sp³-hybridized carbons (Fsp3) is 0.291. The topological polar surface area (TPSA) is 133 Å². The number of aryl methyl sites for hydroxylation is 2. The summed E-state index contributed by atoms with van der Waals surface area (Å²) in [5, 5.41) is 13.8. The number of likely N-dealkylation sites (N-methyl/N-ethyl adjacent to an activating group) is 1. The monoisotopic (exact) mass is 977 g/mol. The molecule has 9 rings (SSSR count). The van der Waals surface area contributed by atoms with Gasteiger partial charge in [0.1, 0.15) is 52.6 Å². The van der Waals surface area contributed by atoms with Crippen molar-refractivity contribution in [3.63, 3.8) is 0 Å². The number of thiophene rings is 1. The predicted octanol–water partition coefficient (Wildman–Crippen LogP) is 10.8. The first-order valence-electron chi connectivity index (χ1n) is 23.3. The summed E-state index contributed by atoms with van der Waals surface area (Å²) in [5.74, 6) is 3.93. The van der Waals surface area contributed by atoms with E-state index in [-0.39, 0.29) is 24.3 Å². The molecule has 13 nitrogen and oxygen atoms in total. The van der Waals surface area contributed by atoms with Crippen molar-refractivity contribution < 1.29 is 28.5 Å². The first-order chi connectivity index (χ1) is 33.9. The third-order valence-corrected chi connectivity index (χ3v) is 14.3. The lowest BCUT2D eigenvalue weighted by molar-refractivity contribution is -0.133. The molecular formula is C55H56ClN7O6S. The van der Waals surface area contributed by atoms with Crippen LogP contribution in [0.3, 0.4) is 0 Å². The lowest BCUT2D eigenvalue weighted by Gasteiger charge is -2.33. The lowest BCUT2D eigenvalue weighted by Crippen LogP contribution is -2.42. The Morgan fingerprint density at radius 2 is 1.56 bits per heavy atom. The van der Waals surface area contributed by atoms with E-state index < -0.39 is 6.04 Å². The third kappa shape index (κ3) is 10.3. The first-order valence-corrected chi connectivity index (χ1v) is 24.5. The zero-order chi connectivity index (χ0) is 49.1. The van der Waals surface area contributed by atoms with Crippen molar-refractivity contribution in [1.29, 1.82) is 0 Å². The molecule has 5 aromatic carbocycles. The molecule has 15 heteroatoms. The molecule has 1 saturated heterocycles. The van der Waals surface area contributed by atoms with Crippen LogP contribution in [-0.4, -0.2) is 103 Å². The average Bonchev–Trinajstić information content (AvgIpc) is 3.85. The number of likely N-dealkylation sites (tertiary alicyclic amines) is 1. The van der Waals surface area contributed by atoms with Gasteiger partial charge in [-0.25, -0.2) is 0 Å². The molecule has 2 aliphatic rings. The number of benzene rings is 5. The van der Waals surface area contributed by atoms with Crippen molar-refractivity contribution in [2.45, 2.75) is 52.2 Å². The van der Waals surface area contributed by atoms with Gasteiger partial charge >= 0.3 is 0 Å². The van der Waals surface area contributed by atoms with Crippen LogP contribution in [0.4, 0.5) is 5.69 Å². The highest BCUT2D eigenvalue weighted by atomic mass is 35.5. The number of hydrogen-bond acceptors (Lipinski definition) is 11. The molecule has 1 atom stereocenters. The van der Waals surface area contributed by atoms with Gasteiger partial charge in [0.15, 0.2) is 5.82 Å². The molecule has 360 valence electrons. The number of halogens is 1. The molecule has 4 heterocycles. The molecule has 0 bridgehead atoms. The maximum absolute atomic E-state index is 14.2. The number of anilines is 1. The zero-order valence-electron chi connectivity index (χ0n) is 40.4. The van der Waals surface area contributed by atoms with Crippen LogP contribution in [-0.2, 0) is 4.79 Å². The number of methoxy groups -OCH3 is 2. The van der Waals surface area contributed by atoms with Gasteiger partial charge in [0.25, 0.3) is 5.91 Å². The second-order valence-corrected chi connectivity index (χ2v) is 19.4. The lowest BCUT2D eigenvalue weighted by atomic mass is 9.99. The van der Waals surface area contributed by atoms with Gasteiger partial charge in [-0.3, -0.25) is 19.1 Å². The number of hydrogen-bond donors (Lipinski definition) is 1. The predicted molar refractivity (Wildman–Crippen MR) is 277 cm³/mol. The van der Waals surface area contributed by atoms with Crippen molar-refractivity contribution in [3.05, 3.63) is 153 Å². The maximum Gasteiger partial charge on any atom is 0.255 e. The quantitative estimate of drug-likeness (QED) is 0.107. The van der Waals surface area contributed by atoms with Crippen molar-refractivity contribution in [1.82, 2.24) is 24.6 Å². The minimum Gasteiger partial charge on any atom is -0.497 e. The van der Waals surface area contributed by atoms with Gasteiger partial charge in [-0.05, 0) is 118 Å². The molecule has 2 aromatic heterocycles.